The van der Waals surface area contributed by atoms with Crippen LogP contribution in [0.25, 0.3) is 0 Å². The second-order valence-corrected chi connectivity index (χ2v) is 3.48. The van der Waals surface area contributed by atoms with E-state index < -0.39 is 0 Å². The second kappa shape index (κ2) is 5.31. The van der Waals surface area contributed by atoms with Gasteiger partial charge in [-0.3, -0.25) is 4.79 Å². The highest BCUT2D eigenvalue weighted by Gasteiger charge is 2.00. The molecule has 0 spiro atoms. The summed E-state index contributed by atoms with van der Waals surface area (Å²) >= 11 is 0. The topological polar surface area (TPSA) is 57.8 Å². The normalized spacial score (nSPS) is 11.2. The van der Waals surface area contributed by atoms with Crippen molar-refractivity contribution < 1.29 is 9.21 Å². The Morgan fingerprint density at radius 3 is 2.87 bits per heavy atom. The van der Waals surface area contributed by atoms with E-state index in [1.165, 1.54) is 6.21 Å². The molecule has 0 aliphatic heterocycles. The molecule has 5 nitrogen and oxygen atoms in total. The molecule has 0 radical (unpaired) electrons. The van der Waals surface area contributed by atoms with Crippen LogP contribution >= 0.6 is 0 Å². The Bertz CT molecular complexity index is 355. The number of nitrogens with zero attached hydrogens (tertiary/aromatic N) is 2. The molecule has 0 unspecified atom stereocenters. The molecule has 0 saturated heterocycles. The maximum absolute atomic E-state index is 11.2. The summed E-state index contributed by atoms with van der Waals surface area (Å²) in [6, 6.07) is 3.62. The molecule has 1 amide bonds. The molecule has 1 heterocycles. The van der Waals surface area contributed by atoms with Crippen LogP contribution in [-0.4, -0.2) is 37.7 Å². The van der Waals surface area contributed by atoms with Crippen molar-refractivity contribution in [2.75, 3.05) is 20.6 Å². The Morgan fingerprint density at radius 2 is 2.33 bits per heavy atom. The predicted molar refractivity (Wildman–Crippen MR) is 57.7 cm³/mol. The van der Waals surface area contributed by atoms with Gasteiger partial charge in [-0.05, 0) is 33.2 Å². The van der Waals surface area contributed by atoms with Crippen molar-refractivity contribution in [2.45, 2.75) is 6.92 Å². The summed E-state index contributed by atoms with van der Waals surface area (Å²) in [7, 11) is 3.64. The number of carbonyl (C=O) groups excluding carboxylic acids is 1. The minimum Gasteiger partial charge on any atom is -0.460 e. The third kappa shape index (κ3) is 4.42. The summed E-state index contributed by atoms with van der Waals surface area (Å²) < 4.78 is 5.24. The van der Waals surface area contributed by atoms with E-state index in [2.05, 4.69) is 10.5 Å². The molecule has 0 saturated carbocycles. The smallest absolute Gasteiger partial charge is 0.254 e. The molecular formula is C10H15N3O2. The number of rotatable bonds is 4. The van der Waals surface area contributed by atoms with Crippen molar-refractivity contribution in [3.05, 3.63) is 23.7 Å². The number of hydrazone groups is 1. The van der Waals surface area contributed by atoms with Gasteiger partial charge < -0.3 is 9.32 Å². The van der Waals surface area contributed by atoms with E-state index in [0.717, 1.165) is 5.76 Å². The third-order valence-corrected chi connectivity index (χ3v) is 1.60. The van der Waals surface area contributed by atoms with Crippen molar-refractivity contribution >= 4 is 12.1 Å². The molecule has 0 atom stereocenters. The first-order valence-electron chi connectivity index (χ1n) is 4.61. The van der Waals surface area contributed by atoms with Crippen LogP contribution in [0.3, 0.4) is 0 Å². The predicted octanol–water partition coefficient (Wildman–Crippen LogP) is 0.600. The van der Waals surface area contributed by atoms with Gasteiger partial charge in [0.1, 0.15) is 11.5 Å². The molecule has 15 heavy (non-hydrogen) atoms. The zero-order valence-electron chi connectivity index (χ0n) is 9.15. The number of likely N-dealkylation sites (N-methyl/N-ethyl adjacent to an activating group) is 1. The quantitative estimate of drug-likeness (QED) is 0.583. The van der Waals surface area contributed by atoms with Crippen LogP contribution in [0.4, 0.5) is 0 Å². The fraction of sp³-hybridized carbons (Fsp3) is 0.400. The molecule has 1 N–H and O–H groups in total. The summed E-state index contributed by atoms with van der Waals surface area (Å²) in [4.78, 5) is 12.9. The number of hydrogen-bond donors (Lipinski definition) is 1. The highest BCUT2D eigenvalue weighted by atomic mass is 16.3. The van der Waals surface area contributed by atoms with Gasteiger partial charge in [0.2, 0.25) is 0 Å². The van der Waals surface area contributed by atoms with Crippen LogP contribution in [0.2, 0.25) is 0 Å². The standard InChI is InChI=1S/C10H15N3O2/c1-8-4-5-9(15-8)6-11-12-10(14)7-13(2)3/h4-6H,7H2,1-3H3,(H,12,14). The first kappa shape index (κ1) is 11.5. The summed E-state index contributed by atoms with van der Waals surface area (Å²) in [5.41, 5.74) is 2.40. The lowest BCUT2D eigenvalue weighted by Gasteiger charge is -2.06. The third-order valence-electron chi connectivity index (χ3n) is 1.60. The zero-order chi connectivity index (χ0) is 11.3. The molecule has 0 fully saturated rings. The lowest BCUT2D eigenvalue weighted by atomic mass is 10.4. The first-order chi connectivity index (χ1) is 7.08. The molecule has 5 heteroatoms. The van der Waals surface area contributed by atoms with E-state index in [9.17, 15) is 4.79 Å². The Labute approximate surface area is 88.8 Å². The summed E-state index contributed by atoms with van der Waals surface area (Å²) in [5, 5.41) is 3.76. The van der Waals surface area contributed by atoms with Gasteiger partial charge in [-0.1, -0.05) is 0 Å². The van der Waals surface area contributed by atoms with Gasteiger partial charge in [0.05, 0.1) is 12.8 Å². The van der Waals surface area contributed by atoms with Crippen LogP contribution in [-0.2, 0) is 4.79 Å². The maximum atomic E-state index is 11.2. The number of hydrogen-bond acceptors (Lipinski definition) is 4. The van der Waals surface area contributed by atoms with Gasteiger partial charge in [-0.15, -0.1) is 0 Å². The molecule has 0 aliphatic carbocycles. The lowest BCUT2D eigenvalue weighted by Crippen LogP contribution is -2.30. The maximum Gasteiger partial charge on any atom is 0.254 e. The van der Waals surface area contributed by atoms with Crippen molar-refractivity contribution in [2.24, 2.45) is 5.10 Å². The van der Waals surface area contributed by atoms with E-state index in [4.69, 9.17) is 4.42 Å². The molecule has 0 bridgehead atoms. The Morgan fingerprint density at radius 1 is 1.60 bits per heavy atom. The summed E-state index contributed by atoms with van der Waals surface area (Å²) in [5.74, 6) is 1.29. The van der Waals surface area contributed by atoms with E-state index in [0.29, 0.717) is 12.3 Å². The largest absolute Gasteiger partial charge is 0.460 e. The Kier molecular flexibility index (Phi) is 4.05. The summed E-state index contributed by atoms with van der Waals surface area (Å²) in [6.45, 7) is 2.16. The molecule has 82 valence electrons. The van der Waals surface area contributed by atoms with Crippen LogP contribution in [0.15, 0.2) is 21.7 Å². The van der Waals surface area contributed by atoms with Crippen molar-refractivity contribution in [1.29, 1.82) is 0 Å². The van der Waals surface area contributed by atoms with E-state index >= 15 is 0 Å². The number of carbonyl (C=O) groups is 1. The van der Waals surface area contributed by atoms with Crippen molar-refractivity contribution in [3.8, 4) is 0 Å². The molecule has 1 aromatic heterocycles. The van der Waals surface area contributed by atoms with Crippen LogP contribution in [0, 0.1) is 6.92 Å². The highest BCUT2D eigenvalue weighted by Crippen LogP contribution is 2.02. The molecule has 1 aromatic rings. The first-order valence-corrected chi connectivity index (χ1v) is 4.61. The SMILES string of the molecule is Cc1ccc(C=NNC(=O)CN(C)C)o1. The lowest BCUT2D eigenvalue weighted by molar-refractivity contribution is -0.121. The van der Waals surface area contributed by atoms with Crippen LogP contribution in [0.1, 0.15) is 11.5 Å². The van der Waals surface area contributed by atoms with Crippen LogP contribution in [0.5, 0.6) is 0 Å². The van der Waals surface area contributed by atoms with Crippen LogP contribution < -0.4 is 5.43 Å². The molecule has 0 aromatic carbocycles. The molecule has 1 rings (SSSR count). The van der Waals surface area contributed by atoms with E-state index in [-0.39, 0.29) is 5.91 Å². The minimum atomic E-state index is -0.153. The highest BCUT2D eigenvalue weighted by molar-refractivity contribution is 5.81. The number of amides is 1. The molecular weight excluding hydrogens is 194 g/mol. The minimum absolute atomic E-state index is 0.153. The van der Waals surface area contributed by atoms with Crippen molar-refractivity contribution in [3.63, 3.8) is 0 Å². The van der Waals surface area contributed by atoms with Crippen molar-refractivity contribution in [1.82, 2.24) is 10.3 Å². The average Bonchev–Trinajstić information content (AvgIpc) is 2.50. The van der Waals surface area contributed by atoms with E-state index in [1.54, 1.807) is 11.0 Å². The zero-order valence-corrected chi connectivity index (χ0v) is 9.15. The summed E-state index contributed by atoms with van der Waals surface area (Å²) in [6.07, 6.45) is 1.47. The Hall–Kier alpha value is -1.62. The van der Waals surface area contributed by atoms with Gasteiger partial charge in [0.25, 0.3) is 5.91 Å². The van der Waals surface area contributed by atoms with Gasteiger partial charge in [0, 0.05) is 0 Å². The number of aryl methyl sites for hydroxylation is 1. The average molecular weight is 209 g/mol. The van der Waals surface area contributed by atoms with Gasteiger partial charge in [-0.25, -0.2) is 5.43 Å². The number of furan rings is 1. The monoisotopic (exact) mass is 209 g/mol. The Balaban J connectivity index is 2.36. The number of nitrogens with one attached hydrogen (secondary N) is 1. The van der Waals surface area contributed by atoms with Gasteiger partial charge >= 0.3 is 0 Å². The fourth-order valence-electron chi connectivity index (χ4n) is 1.01. The second-order valence-electron chi connectivity index (χ2n) is 3.48. The van der Waals surface area contributed by atoms with E-state index in [1.807, 2.05) is 27.1 Å². The van der Waals surface area contributed by atoms with Gasteiger partial charge in [0.15, 0.2) is 0 Å². The molecule has 0 aliphatic rings. The van der Waals surface area contributed by atoms with Gasteiger partial charge in [-0.2, -0.15) is 5.10 Å². The fourth-order valence-corrected chi connectivity index (χ4v) is 1.01.